The Morgan fingerprint density at radius 3 is 2.77 bits per heavy atom. The molecule has 3 rings (SSSR count). The van der Waals surface area contributed by atoms with E-state index in [0.717, 1.165) is 64.0 Å². The number of nitrogens with one attached hydrogen (secondary N) is 2. The van der Waals surface area contributed by atoms with E-state index < -0.39 is 5.76 Å². The van der Waals surface area contributed by atoms with Crippen LogP contribution in [0.4, 0.5) is 8.78 Å². The minimum atomic E-state index is -2.38. The lowest BCUT2D eigenvalue weighted by atomic mass is 9.97. The van der Waals surface area contributed by atoms with Crippen LogP contribution in [0.5, 0.6) is 0 Å². The molecule has 2 atom stereocenters. The maximum Gasteiger partial charge on any atom is 0.288 e. The van der Waals surface area contributed by atoms with E-state index in [2.05, 4.69) is 15.5 Å². The van der Waals surface area contributed by atoms with Crippen LogP contribution in [0.2, 0.25) is 0 Å². The Balaban J connectivity index is 1.43. The van der Waals surface area contributed by atoms with Gasteiger partial charge in [-0.1, -0.05) is 23.9 Å². The zero-order valence-electron chi connectivity index (χ0n) is 14.9. The molecule has 26 heavy (non-hydrogen) atoms. The van der Waals surface area contributed by atoms with E-state index >= 15 is 0 Å². The van der Waals surface area contributed by atoms with Crippen LogP contribution in [0.1, 0.15) is 31.2 Å². The molecule has 0 saturated carbocycles. The van der Waals surface area contributed by atoms with E-state index in [9.17, 15) is 13.6 Å². The van der Waals surface area contributed by atoms with Gasteiger partial charge in [-0.15, -0.1) is 0 Å². The van der Waals surface area contributed by atoms with Gasteiger partial charge in [0.05, 0.1) is 6.04 Å². The summed E-state index contributed by atoms with van der Waals surface area (Å²) in [4.78, 5) is 15.1. The number of amides is 1. The SMILES string of the molecule is O=C(NCC1CCCN(Cc2ccc(SC(F)F)cc2)C1)C1CCCN1. The van der Waals surface area contributed by atoms with E-state index in [-0.39, 0.29) is 11.9 Å². The molecule has 0 radical (unpaired) electrons. The second kappa shape index (κ2) is 9.67. The van der Waals surface area contributed by atoms with Crippen molar-refractivity contribution in [1.29, 1.82) is 0 Å². The number of nitrogens with zero attached hydrogens (tertiary/aromatic N) is 1. The van der Waals surface area contributed by atoms with Crippen molar-refractivity contribution in [2.24, 2.45) is 5.92 Å². The fraction of sp³-hybridized carbons (Fsp3) is 0.632. The average Bonchev–Trinajstić information content (AvgIpc) is 3.16. The lowest BCUT2D eigenvalue weighted by Gasteiger charge is -2.33. The number of thioether (sulfide) groups is 1. The van der Waals surface area contributed by atoms with Crippen molar-refractivity contribution in [3.05, 3.63) is 29.8 Å². The number of piperidine rings is 1. The first kappa shape index (κ1) is 19.6. The van der Waals surface area contributed by atoms with Gasteiger partial charge in [0.25, 0.3) is 5.76 Å². The monoisotopic (exact) mass is 383 g/mol. The Hall–Kier alpha value is -1.18. The first-order valence-electron chi connectivity index (χ1n) is 9.37. The Morgan fingerprint density at radius 1 is 1.27 bits per heavy atom. The van der Waals surface area contributed by atoms with Crippen molar-refractivity contribution in [2.45, 2.75) is 48.9 Å². The summed E-state index contributed by atoms with van der Waals surface area (Å²) in [5.41, 5.74) is 1.14. The molecule has 0 aromatic heterocycles. The largest absolute Gasteiger partial charge is 0.354 e. The third-order valence-electron chi connectivity index (χ3n) is 5.10. The van der Waals surface area contributed by atoms with Crippen LogP contribution in [-0.4, -0.2) is 48.8 Å². The highest BCUT2D eigenvalue weighted by atomic mass is 32.2. The number of benzene rings is 1. The summed E-state index contributed by atoms with van der Waals surface area (Å²) in [6.45, 7) is 4.50. The van der Waals surface area contributed by atoms with E-state index in [1.54, 1.807) is 12.1 Å². The van der Waals surface area contributed by atoms with Crippen molar-refractivity contribution in [1.82, 2.24) is 15.5 Å². The number of halogens is 2. The Kier molecular flexibility index (Phi) is 7.28. The summed E-state index contributed by atoms with van der Waals surface area (Å²) >= 11 is 0.581. The molecule has 0 spiro atoms. The normalized spacial score (nSPS) is 24.1. The number of alkyl halides is 2. The van der Waals surface area contributed by atoms with Gasteiger partial charge < -0.3 is 10.6 Å². The van der Waals surface area contributed by atoms with Crippen LogP contribution < -0.4 is 10.6 Å². The molecule has 144 valence electrons. The number of carbonyl (C=O) groups is 1. The molecule has 7 heteroatoms. The molecular weight excluding hydrogens is 356 g/mol. The van der Waals surface area contributed by atoms with Crippen molar-refractivity contribution >= 4 is 17.7 Å². The standard InChI is InChI=1S/C19H27F2N3OS/c20-19(21)26-16-7-5-14(6-8-16)12-24-10-2-3-15(13-24)11-23-18(25)17-4-1-9-22-17/h5-8,15,17,19,22H,1-4,9-13H2,(H,23,25). The summed E-state index contributed by atoms with van der Waals surface area (Å²) in [5.74, 6) is -1.77. The van der Waals surface area contributed by atoms with Crippen LogP contribution in [-0.2, 0) is 11.3 Å². The van der Waals surface area contributed by atoms with Crippen molar-refractivity contribution in [2.75, 3.05) is 26.2 Å². The van der Waals surface area contributed by atoms with E-state index in [4.69, 9.17) is 0 Å². The maximum atomic E-state index is 12.4. The summed E-state index contributed by atoms with van der Waals surface area (Å²) in [7, 11) is 0. The number of likely N-dealkylation sites (tertiary alicyclic amines) is 1. The highest BCUT2D eigenvalue weighted by molar-refractivity contribution is 7.99. The van der Waals surface area contributed by atoms with Gasteiger partial charge in [-0.05, 0) is 62.4 Å². The van der Waals surface area contributed by atoms with Gasteiger partial charge in [0, 0.05) is 24.5 Å². The summed E-state index contributed by atoms with van der Waals surface area (Å²) in [6, 6.07) is 7.38. The van der Waals surface area contributed by atoms with E-state index in [0.29, 0.717) is 22.6 Å². The number of hydrogen-bond donors (Lipinski definition) is 2. The van der Waals surface area contributed by atoms with Crippen LogP contribution >= 0.6 is 11.8 Å². The predicted molar refractivity (Wildman–Crippen MR) is 100 cm³/mol. The van der Waals surface area contributed by atoms with Crippen molar-refractivity contribution in [3.63, 3.8) is 0 Å². The molecule has 2 N–H and O–H groups in total. The van der Waals surface area contributed by atoms with E-state index in [1.165, 1.54) is 0 Å². The van der Waals surface area contributed by atoms with Crippen LogP contribution in [0, 0.1) is 5.92 Å². The van der Waals surface area contributed by atoms with Gasteiger partial charge in [0.15, 0.2) is 0 Å². The molecule has 4 nitrogen and oxygen atoms in total. The van der Waals surface area contributed by atoms with Gasteiger partial charge in [-0.25, -0.2) is 0 Å². The van der Waals surface area contributed by atoms with Crippen LogP contribution in [0.25, 0.3) is 0 Å². The molecule has 0 aliphatic carbocycles. The summed E-state index contributed by atoms with van der Waals surface area (Å²) < 4.78 is 24.8. The van der Waals surface area contributed by atoms with Crippen LogP contribution in [0.3, 0.4) is 0 Å². The van der Waals surface area contributed by atoms with Gasteiger partial charge in [0.1, 0.15) is 0 Å². The minimum absolute atomic E-state index is 0.0145. The van der Waals surface area contributed by atoms with Gasteiger partial charge in [0.2, 0.25) is 5.91 Å². The Labute approximate surface area is 158 Å². The average molecular weight is 384 g/mol. The highest BCUT2D eigenvalue weighted by Crippen LogP contribution is 2.26. The van der Waals surface area contributed by atoms with Gasteiger partial charge in [-0.3, -0.25) is 9.69 Å². The first-order valence-corrected chi connectivity index (χ1v) is 10.3. The minimum Gasteiger partial charge on any atom is -0.354 e. The van der Waals surface area contributed by atoms with Crippen molar-refractivity contribution in [3.8, 4) is 0 Å². The van der Waals surface area contributed by atoms with Gasteiger partial charge in [-0.2, -0.15) is 8.78 Å². The maximum absolute atomic E-state index is 12.4. The van der Waals surface area contributed by atoms with E-state index in [1.807, 2.05) is 12.1 Å². The molecule has 2 aliphatic rings. The summed E-state index contributed by atoms with van der Waals surface area (Å²) in [6.07, 6.45) is 4.27. The zero-order valence-corrected chi connectivity index (χ0v) is 15.7. The molecule has 1 aromatic rings. The lowest BCUT2D eigenvalue weighted by molar-refractivity contribution is -0.123. The predicted octanol–water partition coefficient (Wildman–Crippen LogP) is 3.08. The quantitative estimate of drug-likeness (QED) is 0.711. The number of rotatable bonds is 7. The second-order valence-corrected chi connectivity index (χ2v) is 8.22. The Morgan fingerprint density at radius 2 is 2.08 bits per heavy atom. The molecule has 0 bridgehead atoms. The summed E-state index contributed by atoms with van der Waals surface area (Å²) in [5, 5.41) is 6.33. The number of hydrogen-bond acceptors (Lipinski definition) is 4. The van der Waals surface area contributed by atoms with Crippen molar-refractivity contribution < 1.29 is 13.6 Å². The zero-order chi connectivity index (χ0) is 18.4. The molecule has 2 aliphatic heterocycles. The lowest BCUT2D eigenvalue weighted by Crippen LogP contribution is -2.45. The molecule has 2 heterocycles. The highest BCUT2D eigenvalue weighted by Gasteiger charge is 2.24. The molecule has 1 amide bonds. The molecule has 2 fully saturated rings. The topological polar surface area (TPSA) is 44.4 Å². The first-order chi connectivity index (χ1) is 12.6. The number of carbonyl (C=O) groups excluding carboxylic acids is 1. The third-order valence-corrected chi connectivity index (χ3v) is 5.82. The third kappa shape index (κ3) is 5.93. The smallest absolute Gasteiger partial charge is 0.288 e. The fourth-order valence-corrected chi connectivity index (χ4v) is 4.27. The van der Waals surface area contributed by atoms with Crippen LogP contribution in [0.15, 0.2) is 29.2 Å². The van der Waals surface area contributed by atoms with Gasteiger partial charge >= 0.3 is 0 Å². The molecule has 1 aromatic carbocycles. The molecule has 2 saturated heterocycles. The Bertz CT molecular complexity index is 579. The second-order valence-electron chi connectivity index (χ2n) is 7.16. The molecular formula is C19H27F2N3OS. The molecule has 2 unspecified atom stereocenters. The fourth-order valence-electron chi connectivity index (χ4n) is 3.77.